The van der Waals surface area contributed by atoms with E-state index in [4.69, 9.17) is 30.0 Å². The molecule has 1 aromatic carbocycles. The number of benzene rings is 1. The van der Waals surface area contributed by atoms with Crippen molar-refractivity contribution in [1.82, 2.24) is 0 Å². The van der Waals surface area contributed by atoms with Gasteiger partial charge >= 0.3 is 25.4 Å². The molecule has 1 unspecified atom stereocenters. The summed E-state index contributed by atoms with van der Waals surface area (Å²) >= 11 is 10.2. The van der Waals surface area contributed by atoms with E-state index in [0.29, 0.717) is 30.0 Å². The largest absolute Gasteiger partial charge is 2.00 e. The number of anilines is 1. The van der Waals surface area contributed by atoms with Crippen LogP contribution in [0.1, 0.15) is 49.4 Å². The number of nitrogens with one attached hydrogen (secondary N) is 1. The van der Waals surface area contributed by atoms with Gasteiger partial charge in [0.25, 0.3) is 0 Å². The number of unbranched alkanes of at least 4 members (excludes halogenated alkanes) is 1. The third kappa shape index (κ3) is 9.09. The molecule has 7 heteroatoms. The van der Waals surface area contributed by atoms with Crippen molar-refractivity contribution in [3.05, 3.63) is 29.8 Å². The summed E-state index contributed by atoms with van der Waals surface area (Å²) in [7, 11) is 0. The molecule has 1 rings (SSSR count). The van der Waals surface area contributed by atoms with E-state index in [-0.39, 0.29) is 30.6 Å². The number of ether oxygens (including phenoxy) is 1. The fraction of sp³-hybridized carbons (Fsp3) is 0.529. The summed E-state index contributed by atoms with van der Waals surface area (Å²) in [6.45, 7) is 2.05. The van der Waals surface area contributed by atoms with E-state index in [0.717, 1.165) is 25.7 Å². The maximum absolute atomic E-state index is 12.0. The van der Waals surface area contributed by atoms with Crippen molar-refractivity contribution < 1.29 is 33.8 Å². The summed E-state index contributed by atoms with van der Waals surface area (Å²) in [6.07, 6.45) is 3.89. The third-order valence-corrected chi connectivity index (χ3v) is 4.02. The fourth-order valence-corrected chi connectivity index (χ4v) is 2.84. The topological polar surface area (TPSA) is 55.4 Å². The Morgan fingerprint density at radius 3 is 2.58 bits per heavy atom. The molecule has 4 nitrogen and oxygen atoms in total. The Labute approximate surface area is 168 Å². The zero-order valence-electron chi connectivity index (χ0n) is 14.1. The van der Waals surface area contributed by atoms with E-state index in [1.807, 2.05) is 0 Å². The van der Waals surface area contributed by atoms with Gasteiger partial charge in [0, 0.05) is 6.42 Å². The number of rotatable bonds is 10. The van der Waals surface area contributed by atoms with Gasteiger partial charge in [0.1, 0.15) is 0 Å². The van der Waals surface area contributed by atoms with Crippen LogP contribution in [0.5, 0.6) is 0 Å². The summed E-state index contributed by atoms with van der Waals surface area (Å²) in [4.78, 5) is 23.9. The van der Waals surface area contributed by atoms with Gasteiger partial charge in [0.2, 0.25) is 5.91 Å². The molecule has 0 heterocycles. The minimum Gasteiger partial charge on any atom is -0.793 e. The van der Waals surface area contributed by atoms with Gasteiger partial charge in [-0.3, -0.25) is 4.79 Å². The minimum absolute atomic E-state index is 0. The van der Waals surface area contributed by atoms with Crippen molar-refractivity contribution >= 4 is 42.8 Å². The van der Waals surface area contributed by atoms with Crippen molar-refractivity contribution in [2.24, 2.45) is 0 Å². The number of carbonyl (C=O) groups is 2. The first-order valence-corrected chi connectivity index (χ1v) is 8.93. The molecule has 24 heavy (non-hydrogen) atoms. The first-order valence-electron chi connectivity index (χ1n) is 7.88. The SMILES string of the molecule is CCOC(=O)c1ccccc1NC(=O)CCCCC([S-])CC[S-].[Zn+2]. The first-order chi connectivity index (χ1) is 11.1. The van der Waals surface area contributed by atoms with E-state index in [1.165, 1.54) is 0 Å². The molecule has 0 bridgehead atoms. The molecule has 0 aliphatic rings. The number of para-hydroxylation sites is 1. The number of esters is 1. The van der Waals surface area contributed by atoms with Crippen LogP contribution in [0.3, 0.4) is 0 Å². The van der Waals surface area contributed by atoms with Crippen LogP contribution in [-0.4, -0.2) is 29.5 Å². The van der Waals surface area contributed by atoms with Gasteiger partial charge in [-0.1, -0.05) is 31.4 Å². The standard InChI is InChI=1S/C17H25NO3S2.Zn/c1-2-21-17(20)14-8-4-5-9-15(14)18-16(19)10-6-3-7-13(23)11-12-22;/h4-5,8-9,13,22-23H,2-3,6-7,10-12H2,1H3,(H,18,19);/q;+2/p-2. The van der Waals surface area contributed by atoms with Crippen LogP contribution in [0.4, 0.5) is 5.69 Å². The second-order valence-electron chi connectivity index (χ2n) is 5.17. The predicted molar refractivity (Wildman–Crippen MR) is 97.5 cm³/mol. The number of hydrogen-bond acceptors (Lipinski definition) is 5. The van der Waals surface area contributed by atoms with Crippen LogP contribution in [0.25, 0.3) is 0 Å². The molecule has 0 saturated carbocycles. The summed E-state index contributed by atoms with van der Waals surface area (Å²) < 4.78 is 4.99. The number of carbonyl (C=O) groups excluding carboxylic acids is 2. The van der Waals surface area contributed by atoms with Gasteiger partial charge in [-0.15, -0.1) is 0 Å². The fourth-order valence-electron chi connectivity index (χ4n) is 2.13. The molecule has 0 saturated heterocycles. The predicted octanol–water partition coefficient (Wildman–Crippen LogP) is 3.21. The molecule has 0 aromatic heterocycles. The molecule has 1 amide bonds. The van der Waals surface area contributed by atoms with Gasteiger partial charge in [-0.25, -0.2) is 4.79 Å². The molecule has 0 fully saturated rings. The zero-order valence-corrected chi connectivity index (χ0v) is 18.7. The molecule has 1 aromatic rings. The van der Waals surface area contributed by atoms with E-state index in [1.54, 1.807) is 31.2 Å². The Bertz CT molecular complexity index is 514. The Balaban J connectivity index is 0.00000529. The van der Waals surface area contributed by atoms with Crippen LogP contribution < -0.4 is 5.32 Å². The Morgan fingerprint density at radius 2 is 1.92 bits per heavy atom. The van der Waals surface area contributed by atoms with Crippen LogP contribution in [0.2, 0.25) is 0 Å². The van der Waals surface area contributed by atoms with Crippen LogP contribution in [0.15, 0.2) is 24.3 Å². The number of hydrogen-bond donors (Lipinski definition) is 1. The quantitative estimate of drug-likeness (QED) is 0.274. The summed E-state index contributed by atoms with van der Waals surface area (Å²) in [5.74, 6) is 0.159. The molecule has 0 spiro atoms. The van der Waals surface area contributed by atoms with Crippen molar-refractivity contribution in [2.75, 3.05) is 17.7 Å². The van der Waals surface area contributed by atoms with Crippen molar-refractivity contribution in [1.29, 1.82) is 0 Å². The molecule has 0 aliphatic carbocycles. The minimum atomic E-state index is -0.429. The van der Waals surface area contributed by atoms with Gasteiger partial charge in [-0.05, 0) is 25.5 Å². The number of amides is 1. The first kappa shape index (κ1) is 23.5. The van der Waals surface area contributed by atoms with Gasteiger partial charge in [0.05, 0.1) is 17.9 Å². The Morgan fingerprint density at radius 1 is 1.21 bits per heavy atom. The normalized spacial score (nSPS) is 11.3. The molecule has 1 atom stereocenters. The van der Waals surface area contributed by atoms with Crippen LogP contribution >= 0.6 is 0 Å². The molecular formula is C17H23NO3S2Zn. The zero-order chi connectivity index (χ0) is 17.1. The molecule has 128 valence electrons. The van der Waals surface area contributed by atoms with Gasteiger partial charge in [0.15, 0.2) is 0 Å². The summed E-state index contributed by atoms with van der Waals surface area (Å²) in [6, 6.07) is 6.86. The van der Waals surface area contributed by atoms with E-state index in [2.05, 4.69) is 5.32 Å². The average Bonchev–Trinajstić information content (AvgIpc) is 2.52. The van der Waals surface area contributed by atoms with Gasteiger partial charge < -0.3 is 35.3 Å². The summed E-state index contributed by atoms with van der Waals surface area (Å²) in [5.41, 5.74) is 0.863. The maximum Gasteiger partial charge on any atom is 2.00 e. The Kier molecular flexibility index (Phi) is 13.4. The van der Waals surface area contributed by atoms with Crippen LogP contribution in [-0.2, 0) is 54.3 Å². The molecule has 1 N–H and O–H groups in total. The van der Waals surface area contributed by atoms with Crippen molar-refractivity contribution in [2.45, 2.75) is 44.3 Å². The van der Waals surface area contributed by atoms with E-state index in [9.17, 15) is 9.59 Å². The van der Waals surface area contributed by atoms with E-state index < -0.39 is 5.97 Å². The summed E-state index contributed by atoms with van der Waals surface area (Å²) in [5, 5.41) is 2.99. The second kappa shape index (κ2) is 13.7. The van der Waals surface area contributed by atoms with Crippen molar-refractivity contribution in [3.63, 3.8) is 0 Å². The van der Waals surface area contributed by atoms with E-state index >= 15 is 0 Å². The van der Waals surface area contributed by atoms with Crippen LogP contribution in [0, 0.1) is 0 Å². The monoisotopic (exact) mass is 417 g/mol. The second-order valence-corrected chi connectivity index (χ2v) is 6.25. The maximum atomic E-state index is 12.0. The molecular weight excluding hydrogens is 396 g/mol. The molecule has 0 radical (unpaired) electrons. The third-order valence-electron chi connectivity index (χ3n) is 3.32. The van der Waals surface area contributed by atoms with Gasteiger partial charge in [-0.2, -0.15) is 11.0 Å². The van der Waals surface area contributed by atoms with Crippen molar-refractivity contribution in [3.8, 4) is 0 Å². The average molecular weight is 419 g/mol. The molecule has 0 aliphatic heterocycles. The smallest absolute Gasteiger partial charge is 0.793 e. The Hall–Kier alpha value is -0.517.